The van der Waals surface area contributed by atoms with Crippen molar-refractivity contribution in [1.29, 1.82) is 0 Å². The van der Waals surface area contributed by atoms with E-state index in [0.717, 1.165) is 28.3 Å². The smallest absolute Gasteiger partial charge is 0.334 e. The molecule has 1 aromatic heterocycles. The highest BCUT2D eigenvalue weighted by Gasteiger charge is 2.48. The van der Waals surface area contributed by atoms with Gasteiger partial charge in [-0.05, 0) is 36.6 Å². The van der Waals surface area contributed by atoms with Crippen molar-refractivity contribution in [3.05, 3.63) is 62.5 Å². The van der Waals surface area contributed by atoms with Crippen molar-refractivity contribution in [3.63, 3.8) is 0 Å². The van der Waals surface area contributed by atoms with Crippen LogP contribution in [0.2, 0.25) is 0 Å². The van der Waals surface area contributed by atoms with Crippen LogP contribution >= 0.6 is 15.9 Å². The minimum atomic E-state index is -2.77. The molecule has 4 rings (SSSR count). The summed E-state index contributed by atoms with van der Waals surface area (Å²) in [5, 5.41) is 0. The van der Waals surface area contributed by atoms with Crippen molar-refractivity contribution < 1.29 is 27.4 Å². The zero-order chi connectivity index (χ0) is 20.0. The molecule has 146 valence electrons. The Bertz CT molecular complexity index is 1010. The number of hydrogen-bond donors (Lipinski definition) is 0. The molecule has 1 atom stereocenters. The summed E-state index contributed by atoms with van der Waals surface area (Å²) in [6.45, 7) is 1.97. The molecule has 1 heterocycles. The number of hydrogen-bond acceptors (Lipinski definition) is 4. The van der Waals surface area contributed by atoms with Crippen molar-refractivity contribution in [2.24, 2.45) is 5.92 Å². The Morgan fingerprint density at radius 3 is 2.86 bits per heavy atom. The largest absolute Gasteiger partial charge is 0.473 e. The van der Waals surface area contributed by atoms with E-state index >= 15 is 0 Å². The zero-order valence-electron chi connectivity index (χ0n) is 14.8. The minimum absolute atomic E-state index is 0.0846. The first-order valence-electron chi connectivity index (χ1n) is 8.70. The molecule has 28 heavy (non-hydrogen) atoms. The summed E-state index contributed by atoms with van der Waals surface area (Å²) in [7, 11) is 0. The van der Waals surface area contributed by atoms with Crippen LogP contribution in [-0.2, 0) is 22.6 Å². The monoisotopic (exact) mass is 453 g/mol. The Morgan fingerprint density at radius 2 is 2.14 bits per heavy atom. The van der Waals surface area contributed by atoms with Gasteiger partial charge in [0, 0.05) is 44.9 Å². The third-order valence-electron chi connectivity index (χ3n) is 4.85. The number of nitrogens with zero attached hydrogens (tertiary/aromatic N) is 1. The molecule has 2 aliphatic carbocycles. The Hall–Kier alpha value is -2.35. The molecule has 1 unspecified atom stereocenters. The lowest BCUT2D eigenvalue weighted by Crippen LogP contribution is -2.06. The van der Waals surface area contributed by atoms with Crippen LogP contribution in [-0.4, -0.2) is 17.6 Å². The highest BCUT2D eigenvalue weighted by atomic mass is 79.9. The van der Waals surface area contributed by atoms with Crippen LogP contribution in [0.4, 0.5) is 13.2 Å². The molecule has 0 saturated heterocycles. The average Bonchev–Trinajstić information content (AvgIpc) is 3.24. The molecule has 0 bridgehead atoms. The molecule has 0 spiro atoms. The zero-order valence-corrected chi connectivity index (χ0v) is 16.4. The van der Waals surface area contributed by atoms with Gasteiger partial charge < -0.3 is 9.47 Å². The first kappa shape index (κ1) is 19.0. The van der Waals surface area contributed by atoms with Crippen molar-refractivity contribution >= 4 is 27.5 Å². The summed E-state index contributed by atoms with van der Waals surface area (Å²) in [4.78, 5) is 16.1. The van der Waals surface area contributed by atoms with E-state index in [-0.39, 0.29) is 28.5 Å². The fourth-order valence-corrected chi connectivity index (χ4v) is 4.05. The number of benzene rings is 1. The quantitative estimate of drug-likeness (QED) is 0.577. The Kier molecular flexibility index (Phi) is 4.91. The summed E-state index contributed by atoms with van der Waals surface area (Å²) in [6.07, 6.45) is -0.448. The van der Waals surface area contributed by atoms with E-state index < -0.39 is 17.8 Å². The molecule has 8 heteroatoms. The van der Waals surface area contributed by atoms with E-state index in [0.29, 0.717) is 18.9 Å². The van der Waals surface area contributed by atoms with Crippen LogP contribution in [0.3, 0.4) is 0 Å². The van der Waals surface area contributed by atoms with Gasteiger partial charge in [0.05, 0.1) is 6.61 Å². The average molecular weight is 454 g/mol. The van der Waals surface area contributed by atoms with Gasteiger partial charge in [0.15, 0.2) is 0 Å². The van der Waals surface area contributed by atoms with E-state index in [4.69, 9.17) is 9.47 Å². The summed E-state index contributed by atoms with van der Waals surface area (Å²) < 4.78 is 50.4. The van der Waals surface area contributed by atoms with Crippen molar-refractivity contribution in [2.45, 2.75) is 26.4 Å². The first-order chi connectivity index (χ1) is 13.4. The topological polar surface area (TPSA) is 48.4 Å². The maximum absolute atomic E-state index is 14.0. The summed E-state index contributed by atoms with van der Waals surface area (Å²) in [5.74, 6) is -0.639. The Balaban J connectivity index is 1.47. The highest BCUT2D eigenvalue weighted by Crippen LogP contribution is 2.55. The maximum atomic E-state index is 14.0. The molecule has 0 aliphatic heterocycles. The molecule has 0 N–H and O–H groups in total. The molecule has 0 radical (unpaired) electrons. The molecule has 4 nitrogen and oxygen atoms in total. The number of pyridine rings is 1. The molecule has 0 amide bonds. The van der Waals surface area contributed by atoms with Crippen LogP contribution < -0.4 is 4.74 Å². The third kappa shape index (κ3) is 3.30. The number of aromatic nitrogens is 1. The second-order valence-corrected chi connectivity index (χ2v) is 7.39. The van der Waals surface area contributed by atoms with Gasteiger partial charge in [-0.3, -0.25) is 0 Å². The number of allylic oxidation sites excluding steroid dienone is 1. The number of ether oxygens (including phenoxy) is 2. The molecule has 0 fully saturated rings. The van der Waals surface area contributed by atoms with Crippen LogP contribution in [0.25, 0.3) is 5.57 Å². The standard InChI is InChI=1S/C20H15BrF3NO3/c1-2-27-20(26)18-12-3-9-5-16(25-7-13(9)17(12)18)28-8-10-4-14(21)11(19(23)24)6-15(10)22/h4-7,12,19H,2-3,8H2,1H3. The van der Waals surface area contributed by atoms with E-state index in [1.807, 2.05) is 0 Å². The number of rotatable bonds is 6. The van der Waals surface area contributed by atoms with Crippen molar-refractivity contribution in [3.8, 4) is 5.88 Å². The van der Waals surface area contributed by atoms with Crippen LogP contribution in [0.5, 0.6) is 5.88 Å². The van der Waals surface area contributed by atoms with Gasteiger partial charge in [-0.1, -0.05) is 15.9 Å². The lowest BCUT2D eigenvalue weighted by molar-refractivity contribution is -0.138. The lowest BCUT2D eigenvalue weighted by atomic mass is 10.1. The SMILES string of the molecule is CCOC(=O)C1=C2c3cnc(OCc4cc(Br)c(C(F)F)cc4F)cc3CC12. The fraction of sp³-hybridized carbons (Fsp3) is 0.300. The van der Waals surface area contributed by atoms with Crippen molar-refractivity contribution in [1.82, 2.24) is 4.98 Å². The van der Waals surface area contributed by atoms with Gasteiger partial charge in [-0.2, -0.15) is 0 Å². The van der Waals surface area contributed by atoms with E-state index in [1.165, 1.54) is 6.07 Å². The second-order valence-electron chi connectivity index (χ2n) is 6.54. The number of fused-ring (bicyclic) bond motifs is 3. The number of carbonyl (C=O) groups excluding carboxylic acids is 1. The maximum Gasteiger partial charge on any atom is 0.334 e. The molecular weight excluding hydrogens is 439 g/mol. The van der Waals surface area contributed by atoms with Gasteiger partial charge in [0.25, 0.3) is 6.43 Å². The van der Waals surface area contributed by atoms with Gasteiger partial charge in [0.1, 0.15) is 12.4 Å². The molecule has 2 aromatic rings. The Morgan fingerprint density at radius 1 is 1.36 bits per heavy atom. The molecule has 0 saturated carbocycles. The third-order valence-corrected chi connectivity index (χ3v) is 5.54. The Labute approximate surface area is 167 Å². The van der Waals surface area contributed by atoms with Crippen LogP contribution in [0.15, 0.2) is 34.4 Å². The summed E-state index contributed by atoms with van der Waals surface area (Å²) in [6, 6.07) is 3.86. The lowest BCUT2D eigenvalue weighted by Gasteiger charge is -2.11. The van der Waals surface area contributed by atoms with Crippen LogP contribution in [0.1, 0.15) is 35.6 Å². The molecule has 1 aromatic carbocycles. The van der Waals surface area contributed by atoms with Gasteiger partial charge in [-0.15, -0.1) is 0 Å². The van der Waals surface area contributed by atoms with E-state index in [2.05, 4.69) is 20.9 Å². The number of esters is 1. The molecule has 2 aliphatic rings. The van der Waals surface area contributed by atoms with Gasteiger partial charge in [-0.25, -0.2) is 22.9 Å². The predicted octanol–water partition coefficient (Wildman–Crippen LogP) is 5.00. The van der Waals surface area contributed by atoms with Gasteiger partial charge >= 0.3 is 5.97 Å². The van der Waals surface area contributed by atoms with E-state index in [1.54, 1.807) is 19.2 Å². The summed E-state index contributed by atoms with van der Waals surface area (Å²) >= 11 is 3.03. The second kappa shape index (κ2) is 7.24. The first-order valence-corrected chi connectivity index (χ1v) is 9.49. The number of halogens is 4. The predicted molar refractivity (Wildman–Crippen MR) is 98.4 cm³/mol. The molecular formula is C20H15BrF3NO3. The highest BCUT2D eigenvalue weighted by molar-refractivity contribution is 9.10. The summed E-state index contributed by atoms with van der Waals surface area (Å²) in [5.41, 5.74) is 3.36. The number of carbonyl (C=O) groups is 1. The van der Waals surface area contributed by atoms with Crippen molar-refractivity contribution in [2.75, 3.05) is 6.61 Å². The normalized spacial score (nSPS) is 16.9. The van der Waals surface area contributed by atoms with E-state index in [9.17, 15) is 18.0 Å². The van der Waals surface area contributed by atoms with Crippen LogP contribution in [0, 0.1) is 11.7 Å². The minimum Gasteiger partial charge on any atom is -0.473 e. The fourth-order valence-electron chi connectivity index (χ4n) is 3.49. The van der Waals surface area contributed by atoms with Gasteiger partial charge in [0.2, 0.25) is 5.88 Å². The number of alkyl halides is 2.